The van der Waals surface area contributed by atoms with E-state index in [2.05, 4.69) is 9.97 Å². The van der Waals surface area contributed by atoms with E-state index in [9.17, 15) is 0 Å². The van der Waals surface area contributed by atoms with Crippen LogP contribution in [-0.4, -0.2) is 9.97 Å². The van der Waals surface area contributed by atoms with Crippen LogP contribution in [0, 0.1) is 0 Å². The molecule has 0 bridgehead atoms. The summed E-state index contributed by atoms with van der Waals surface area (Å²) in [7, 11) is 0. The first-order chi connectivity index (χ1) is 8.66. The summed E-state index contributed by atoms with van der Waals surface area (Å²) in [5, 5.41) is 1.26. The van der Waals surface area contributed by atoms with Gasteiger partial charge < -0.3 is 15.9 Å². The van der Waals surface area contributed by atoms with Crippen LogP contribution in [0.15, 0.2) is 35.1 Å². The summed E-state index contributed by atoms with van der Waals surface area (Å²) in [6.45, 7) is 0. The van der Waals surface area contributed by atoms with Gasteiger partial charge in [0, 0.05) is 29.5 Å². The van der Waals surface area contributed by atoms with Gasteiger partial charge in [-0.25, -0.2) is 0 Å². The van der Waals surface area contributed by atoms with Gasteiger partial charge in [0.25, 0.3) is 0 Å². The van der Waals surface area contributed by atoms with E-state index in [-0.39, 0.29) is 5.88 Å². The summed E-state index contributed by atoms with van der Waals surface area (Å²) in [4.78, 5) is 8.29. The molecule has 5 nitrogen and oxygen atoms in total. The Kier molecular flexibility index (Phi) is 2.34. The highest BCUT2D eigenvalue weighted by Crippen LogP contribution is 2.35. The Balaban J connectivity index is 2.33. The molecule has 18 heavy (non-hydrogen) atoms. The molecule has 6 heteroatoms. The third kappa shape index (κ3) is 1.56. The topological polar surface area (TPSA) is 91.0 Å². The molecule has 3 heterocycles. The highest BCUT2D eigenvalue weighted by molar-refractivity contribution is 6.30. The molecule has 90 valence electrons. The van der Waals surface area contributed by atoms with E-state index in [1.165, 1.54) is 0 Å². The second-order valence-electron chi connectivity index (χ2n) is 3.81. The third-order valence-electron chi connectivity index (χ3n) is 2.65. The number of nitrogen functional groups attached to an aromatic ring is 2. The molecule has 4 N–H and O–H groups in total. The molecule has 0 aliphatic rings. The lowest BCUT2D eigenvalue weighted by Gasteiger charge is -2.01. The van der Waals surface area contributed by atoms with Crippen molar-refractivity contribution >= 4 is 34.1 Å². The van der Waals surface area contributed by atoms with Crippen LogP contribution in [0.2, 0.25) is 5.02 Å². The van der Waals surface area contributed by atoms with Gasteiger partial charge in [-0.1, -0.05) is 11.6 Å². The van der Waals surface area contributed by atoms with Crippen molar-refractivity contribution in [2.24, 2.45) is 0 Å². The Morgan fingerprint density at radius 3 is 2.83 bits per heavy atom. The summed E-state index contributed by atoms with van der Waals surface area (Å²) in [5.74, 6) is 0.189. The zero-order valence-corrected chi connectivity index (χ0v) is 9.98. The second-order valence-corrected chi connectivity index (χ2v) is 4.24. The van der Waals surface area contributed by atoms with E-state index < -0.39 is 0 Å². The first kappa shape index (κ1) is 10.9. The number of nitrogens with zero attached hydrogens (tertiary/aromatic N) is 2. The number of pyridine rings is 2. The van der Waals surface area contributed by atoms with E-state index >= 15 is 0 Å². The van der Waals surface area contributed by atoms with E-state index in [1.54, 1.807) is 30.7 Å². The van der Waals surface area contributed by atoms with Crippen LogP contribution in [0.4, 0.5) is 11.6 Å². The van der Waals surface area contributed by atoms with Crippen molar-refractivity contribution < 1.29 is 4.42 Å². The van der Waals surface area contributed by atoms with Crippen molar-refractivity contribution in [1.29, 1.82) is 0 Å². The smallest absolute Gasteiger partial charge is 0.214 e. The molecule has 0 unspecified atom stereocenters. The summed E-state index contributed by atoms with van der Waals surface area (Å²) >= 11 is 5.91. The molecule has 3 aromatic heterocycles. The molecule has 0 aromatic carbocycles. The Hall–Kier alpha value is -2.27. The number of hydrogen-bond donors (Lipinski definition) is 2. The molecule has 0 spiro atoms. The molecule has 0 saturated carbocycles. The van der Waals surface area contributed by atoms with Crippen molar-refractivity contribution in [2.45, 2.75) is 0 Å². The van der Waals surface area contributed by atoms with Crippen LogP contribution in [0.3, 0.4) is 0 Å². The maximum Gasteiger partial charge on any atom is 0.214 e. The van der Waals surface area contributed by atoms with Crippen molar-refractivity contribution in [3.05, 3.63) is 35.7 Å². The lowest BCUT2D eigenvalue weighted by atomic mass is 10.1. The molecule has 3 aromatic rings. The summed E-state index contributed by atoms with van der Waals surface area (Å²) in [6, 6.07) is 3.51. The molecule has 0 amide bonds. The molecule has 0 fully saturated rings. The molecule has 0 aliphatic heterocycles. The number of halogens is 1. The normalized spacial score (nSPS) is 10.9. The lowest BCUT2D eigenvalue weighted by molar-refractivity contribution is 0.638. The molecular weight excluding hydrogens is 252 g/mol. The van der Waals surface area contributed by atoms with Gasteiger partial charge >= 0.3 is 0 Å². The Morgan fingerprint density at radius 1 is 1.22 bits per heavy atom. The van der Waals surface area contributed by atoms with Crippen LogP contribution < -0.4 is 11.5 Å². The number of hydrogen-bond acceptors (Lipinski definition) is 5. The van der Waals surface area contributed by atoms with E-state index in [0.717, 1.165) is 10.9 Å². The fourth-order valence-electron chi connectivity index (χ4n) is 1.81. The van der Waals surface area contributed by atoms with Gasteiger partial charge in [-0.2, -0.15) is 0 Å². The monoisotopic (exact) mass is 260 g/mol. The van der Waals surface area contributed by atoms with Gasteiger partial charge in [0.2, 0.25) is 5.88 Å². The minimum atomic E-state index is 0.189. The first-order valence-electron chi connectivity index (χ1n) is 5.20. The van der Waals surface area contributed by atoms with E-state index in [0.29, 0.717) is 22.0 Å². The summed E-state index contributed by atoms with van der Waals surface area (Å²) < 4.78 is 5.44. The van der Waals surface area contributed by atoms with Crippen LogP contribution in [0.5, 0.6) is 0 Å². The van der Waals surface area contributed by atoms with Crippen molar-refractivity contribution in [1.82, 2.24) is 9.97 Å². The summed E-state index contributed by atoms with van der Waals surface area (Å²) in [6.07, 6.45) is 4.85. The zero-order chi connectivity index (χ0) is 12.7. The average molecular weight is 261 g/mol. The Bertz CT molecular complexity index is 738. The lowest BCUT2D eigenvalue weighted by Crippen LogP contribution is -1.89. The standard InChI is InChI=1S/C12H9ClN4O/c13-7-3-6(4-16-5-7)10-11-8(1-2-17-10)9(14)12(15)18-11/h1-5H,14-15H2. The highest BCUT2D eigenvalue weighted by atomic mass is 35.5. The van der Waals surface area contributed by atoms with Crippen molar-refractivity contribution in [3.63, 3.8) is 0 Å². The number of aromatic nitrogens is 2. The number of fused-ring (bicyclic) bond motifs is 1. The minimum absolute atomic E-state index is 0.189. The van der Waals surface area contributed by atoms with Crippen LogP contribution in [0.25, 0.3) is 22.2 Å². The molecule has 0 aliphatic carbocycles. The minimum Gasteiger partial charge on any atom is -0.436 e. The van der Waals surface area contributed by atoms with Gasteiger partial charge in [0.05, 0.1) is 5.02 Å². The molecule has 0 saturated heterocycles. The van der Waals surface area contributed by atoms with E-state index in [1.807, 2.05) is 0 Å². The Labute approximate surface area is 107 Å². The largest absolute Gasteiger partial charge is 0.436 e. The SMILES string of the molecule is Nc1oc2c(-c3cncc(Cl)c3)nccc2c1N. The molecule has 0 atom stereocenters. The third-order valence-corrected chi connectivity index (χ3v) is 2.86. The number of furan rings is 1. The van der Waals surface area contributed by atoms with Crippen molar-refractivity contribution in [3.8, 4) is 11.3 Å². The van der Waals surface area contributed by atoms with Gasteiger partial charge in [-0.05, 0) is 12.1 Å². The van der Waals surface area contributed by atoms with E-state index in [4.69, 9.17) is 27.5 Å². The maximum absolute atomic E-state index is 5.91. The fourth-order valence-corrected chi connectivity index (χ4v) is 1.98. The maximum atomic E-state index is 5.91. The van der Waals surface area contributed by atoms with Gasteiger partial charge in [-0.3, -0.25) is 9.97 Å². The van der Waals surface area contributed by atoms with Gasteiger partial charge in [0.15, 0.2) is 5.58 Å². The molecule has 0 radical (unpaired) electrons. The zero-order valence-electron chi connectivity index (χ0n) is 9.22. The van der Waals surface area contributed by atoms with Gasteiger partial charge in [0.1, 0.15) is 11.4 Å². The Morgan fingerprint density at radius 2 is 2.06 bits per heavy atom. The second kappa shape index (κ2) is 3.89. The predicted molar refractivity (Wildman–Crippen MR) is 71.1 cm³/mol. The average Bonchev–Trinajstić information content (AvgIpc) is 2.65. The van der Waals surface area contributed by atoms with Crippen LogP contribution in [-0.2, 0) is 0 Å². The quantitative estimate of drug-likeness (QED) is 0.702. The molecule has 3 rings (SSSR count). The van der Waals surface area contributed by atoms with Crippen molar-refractivity contribution in [2.75, 3.05) is 11.5 Å². The number of nitrogens with two attached hydrogens (primary N) is 2. The number of rotatable bonds is 1. The molecular formula is C12H9ClN4O. The summed E-state index contributed by atoms with van der Waals surface area (Å²) in [5.41, 5.74) is 13.8. The fraction of sp³-hybridized carbons (Fsp3) is 0. The first-order valence-corrected chi connectivity index (χ1v) is 5.58. The number of anilines is 2. The van der Waals surface area contributed by atoms with Gasteiger partial charge in [-0.15, -0.1) is 0 Å². The van der Waals surface area contributed by atoms with Crippen LogP contribution >= 0.6 is 11.6 Å². The van der Waals surface area contributed by atoms with Crippen LogP contribution in [0.1, 0.15) is 0 Å². The highest BCUT2D eigenvalue weighted by Gasteiger charge is 2.14. The predicted octanol–water partition coefficient (Wildman–Crippen LogP) is 2.71.